The van der Waals surface area contributed by atoms with Crippen LogP contribution in [-0.2, 0) is 10.1 Å². The number of benzene rings is 3. The first-order valence-corrected chi connectivity index (χ1v) is 10.5. The number of nitrogens with zero attached hydrogens (tertiary/aromatic N) is 2. The lowest BCUT2D eigenvalue weighted by atomic mass is 10.2. The van der Waals surface area contributed by atoms with Crippen LogP contribution in [-0.4, -0.2) is 32.6 Å². The maximum Gasteiger partial charge on any atom is 0.339 e. The molecule has 0 fully saturated rings. The van der Waals surface area contributed by atoms with Crippen LogP contribution in [0.3, 0.4) is 0 Å². The molecule has 0 aliphatic rings. The number of hydrogen-bond acceptors (Lipinski definition) is 8. The summed E-state index contributed by atoms with van der Waals surface area (Å²) >= 11 is 0. The zero-order chi connectivity index (χ0) is 23.1. The summed E-state index contributed by atoms with van der Waals surface area (Å²) < 4.78 is 35.3. The van der Waals surface area contributed by atoms with Gasteiger partial charge in [-0.15, -0.1) is 0 Å². The Morgan fingerprint density at radius 1 is 1.03 bits per heavy atom. The molecule has 0 aliphatic heterocycles. The van der Waals surface area contributed by atoms with E-state index < -0.39 is 20.9 Å². The van der Waals surface area contributed by atoms with Gasteiger partial charge in [0.25, 0.3) is 11.6 Å². The fourth-order valence-electron chi connectivity index (χ4n) is 2.53. The van der Waals surface area contributed by atoms with Crippen LogP contribution in [0.5, 0.6) is 11.5 Å². The number of amides is 1. The van der Waals surface area contributed by atoms with E-state index in [1.807, 2.05) is 0 Å². The third-order valence-electron chi connectivity index (χ3n) is 4.18. The Labute approximate surface area is 183 Å². The highest BCUT2D eigenvalue weighted by Gasteiger charge is 2.19. The zero-order valence-corrected chi connectivity index (χ0v) is 17.5. The second-order valence-electron chi connectivity index (χ2n) is 6.25. The summed E-state index contributed by atoms with van der Waals surface area (Å²) in [5.41, 5.74) is 2.74. The van der Waals surface area contributed by atoms with Crippen molar-refractivity contribution in [2.75, 3.05) is 7.11 Å². The second kappa shape index (κ2) is 9.71. The molecular formula is C21H17N3O7S. The number of rotatable bonds is 8. The lowest BCUT2D eigenvalue weighted by molar-refractivity contribution is -0.384. The van der Waals surface area contributed by atoms with Crippen molar-refractivity contribution in [3.63, 3.8) is 0 Å². The molecule has 11 heteroatoms. The number of carbonyl (C=O) groups is 1. The summed E-state index contributed by atoms with van der Waals surface area (Å²) in [5.74, 6) is 0.0967. The molecule has 0 saturated heterocycles. The minimum Gasteiger partial charge on any atom is -0.497 e. The Hall–Kier alpha value is -4.25. The molecule has 0 radical (unpaired) electrons. The molecule has 3 rings (SSSR count). The van der Waals surface area contributed by atoms with Crippen LogP contribution in [0.25, 0.3) is 0 Å². The van der Waals surface area contributed by atoms with Gasteiger partial charge in [0.2, 0.25) is 0 Å². The molecule has 0 aromatic heterocycles. The molecule has 164 valence electrons. The van der Waals surface area contributed by atoms with Crippen molar-refractivity contribution in [3.05, 3.63) is 94.0 Å². The van der Waals surface area contributed by atoms with Crippen molar-refractivity contribution in [2.24, 2.45) is 5.10 Å². The van der Waals surface area contributed by atoms with E-state index in [9.17, 15) is 23.3 Å². The van der Waals surface area contributed by atoms with Gasteiger partial charge in [0.05, 0.1) is 18.2 Å². The first-order chi connectivity index (χ1) is 15.3. The summed E-state index contributed by atoms with van der Waals surface area (Å²) in [7, 11) is -2.74. The lowest BCUT2D eigenvalue weighted by Crippen LogP contribution is -2.17. The summed E-state index contributed by atoms with van der Waals surface area (Å²) in [6.07, 6.45) is 1.24. The summed E-state index contributed by atoms with van der Waals surface area (Å²) in [6.45, 7) is 0. The average molecular weight is 455 g/mol. The number of nitro groups is 1. The fourth-order valence-corrected chi connectivity index (χ4v) is 3.49. The second-order valence-corrected chi connectivity index (χ2v) is 7.80. The fraction of sp³-hybridized carbons (Fsp3) is 0.0476. The van der Waals surface area contributed by atoms with E-state index in [1.165, 1.54) is 19.4 Å². The van der Waals surface area contributed by atoms with Crippen molar-refractivity contribution in [1.29, 1.82) is 0 Å². The molecule has 0 unspecified atom stereocenters. The number of non-ortho nitro benzene ring substituents is 1. The predicted octanol–water partition coefficient (Wildman–Crippen LogP) is 3.14. The quantitative estimate of drug-likeness (QED) is 0.238. The maximum atomic E-state index is 12.5. The van der Waals surface area contributed by atoms with Gasteiger partial charge in [-0.2, -0.15) is 13.5 Å². The molecule has 0 spiro atoms. The monoisotopic (exact) mass is 455 g/mol. The number of hydrazone groups is 1. The van der Waals surface area contributed by atoms with Crippen LogP contribution in [0.2, 0.25) is 0 Å². The summed E-state index contributed by atoms with van der Waals surface area (Å²) in [5, 5.41) is 14.6. The van der Waals surface area contributed by atoms with E-state index >= 15 is 0 Å². The number of methoxy groups -OCH3 is 1. The molecule has 1 N–H and O–H groups in total. The number of nitro benzene ring substituents is 1. The lowest BCUT2D eigenvalue weighted by Gasteiger charge is -2.09. The van der Waals surface area contributed by atoms with Gasteiger partial charge in [-0.1, -0.05) is 12.1 Å². The first kappa shape index (κ1) is 22.4. The van der Waals surface area contributed by atoms with Crippen LogP contribution in [0.15, 0.2) is 82.8 Å². The van der Waals surface area contributed by atoms with Gasteiger partial charge in [0.1, 0.15) is 10.6 Å². The Bertz CT molecular complexity index is 1260. The van der Waals surface area contributed by atoms with Crippen molar-refractivity contribution < 1.29 is 27.1 Å². The van der Waals surface area contributed by atoms with E-state index in [2.05, 4.69) is 10.5 Å². The van der Waals surface area contributed by atoms with Gasteiger partial charge in [-0.25, -0.2) is 5.43 Å². The SMILES string of the molecule is COc1ccc(C(=O)N/N=C\c2ccccc2OS(=O)(=O)c2ccc([N+](=O)[O-])cc2)cc1. The van der Waals surface area contributed by atoms with Crippen LogP contribution in [0, 0.1) is 10.1 Å². The first-order valence-electron chi connectivity index (χ1n) is 9.05. The molecule has 3 aromatic rings. The maximum absolute atomic E-state index is 12.5. The number of carbonyl (C=O) groups excluding carboxylic acids is 1. The predicted molar refractivity (Wildman–Crippen MR) is 115 cm³/mol. The number of hydrogen-bond donors (Lipinski definition) is 1. The number of nitrogens with one attached hydrogen (secondary N) is 1. The molecular weight excluding hydrogens is 438 g/mol. The molecule has 0 atom stereocenters. The molecule has 10 nitrogen and oxygen atoms in total. The molecule has 0 heterocycles. The largest absolute Gasteiger partial charge is 0.497 e. The highest BCUT2D eigenvalue weighted by molar-refractivity contribution is 7.87. The third-order valence-corrected chi connectivity index (χ3v) is 5.43. The van der Waals surface area contributed by atoms with E-state index in [-0.39, 0.29) is 21.9 Å². The van der Waals surface area contributed by atoms with Gasteiger partial charge < -0.3 is 8.92 Å². The number of ether oxygens (including phenoxy) is 1. The van der Waals surface area contributed by atoms with E-state index in [4.69, 9.17) is 8.92 Å². The van der Waals surface area contributed by atoms with Gasteiger partial charge in [-0.3, -0.25) is 14.9 Å². The molecule has 0 aliphatic carbocycles. The standard InChI is InChI=1S/C21H17N3O7S/c1-30-18-10-6-15(7-11-18)21(25)23-22-14-16-4-2-3-5-20(16)31-32(28,29)19-12-8-17(9-13-19)24(26)27/h2-14H,1H3,(H,23,25)/b22-14-. The van der Waals surface area contributed by atoms with Crippen molar-refractivity contribution in [2.45, 2.75) is 4.90 Å². The van der Waals surface area contributed by atoms with Crippen LogP contribution in [0.1, 0.15) is 15.9 Å². The molecule has 3 aromatic carbocycles. The zero-order valence-electron chi connectivity index (χ0n) is 16.7. The van der Waals surface area contributed by atoms with Crippen LogP contribution >= 0.6 is 0 Å². The third kappa shape index (κ3) is 5.46. The Balaban J connectivity index is 1.73. The topological polar surface area (TPSA) is 137 Å². The highest BCUT2D eigenvalue weighted by atomic mass is 32.2. The van der Waals surface area contributed by atoms with Gasteiger partial charge >= 0.3 is 10.1 Å². The Kier molecular flexibility index (Phi) is 6.80. The van der Waals surface area contributed by atoms with Gasteiger partial charge in [0, 0.05) is 23.3 Å². The van der Waals surface area contributed by atoms with Crippen LogP contribution < -0.4 is 14.3 Å². The Morgan fingerprint density at radius 2 is 1.69 bits per heavy atom. The van der Waals surface area contributed by atoms with E-state index in [0.717, 1.165) is 24.3 Å². The molecule has 32 heavy (non-hydrogen) atoms. The molecule has 1 amide bonds. The Morgan fingerprint density at radius 3 is 2.31 bits per heavy atom. The average Bonchev–Trinajstić information content (AvgIpc) is 2.80. The van der Waals surface area contributed by atoms with Gasteiger partial charge in [-0.05, 0) is 48.5 Å². The van der Waals surface area contributed by atoms with Gasteiger partial charge in [0.15, 0.2) is 5.75 Å². The van der Waals surface area contributed by atoms with Crippen molar-refractivity contribution in [3.8, 4) is 11.5 Å². The van der Waals surface area contributed by atoms with E-state index in [0.29, 0.717) is 11.3 Å². The molecule has 0 saturated carbocycles. The minimum atomic E-state index is -4.25. The van der Waals surface area contributed by atoms with Crippen LogP contribution in [0.4, 0.5) is 5.69 Å². The summed E-state index contributed by atoms with van der Waals surface area (Å²) in [4.78, 5) is 22.0. The number of para-hydroxylation sites is 1. The van der Waals surface area contributed by atoms with E-state index in [1.54, 1.807) is 42.5 Å². The smallest absolute Gasteiger partial charge is 0.339 e. The minimum absolute atomic E-state index is 0.0340. The van der Waals surface area contributed by atoms with Crippen molar-refractivity contribution in [1.82, 2.24) is 5.43 Å². The summed E-state index contributed by atoms with van der Waals surface area (Å²) in [6, 6.07) is 16.9. The molecule has 0 bridgehead atoms. The normalized spacial score (nSPS) is 11.2. The van der Waals surface area contributed by atoms with Crippen molar-refractivity contribution >= 4 is 27.9 Å². The highest BCUT2D eigenvalue weighted by Crippen LogP contribution is 2.23.